The third-order valence-corrected chi connectivity index (χ3v) is 6.24. The minimum Gasteiger partial charge on any atom is -0.494 e. The van der Waals surface area contributed by atoms with Gasteiger partial charge >= 0.3 is 5.97 Å². The maximum Gasteiger partial charge on any atom is 0.338 e. The Hall–Kier alpha value is -4.33. The SMILES string of the molecule is CCCOc1ccc2c(c1)C(c1ccc3c(c1)OCO3)=C(C(=O)OC)C(c1ccc3c(c1)OCO3)O2. The normalized spacial score (nSPS) is 16.9. The first-order valence-corrected chi connectivity index (χ1v) is 11.7. The van der Waals surface area contributed by atoms with Gasteiger partial charge in [-0.3, -0.25) is 0 Å². The molecule has 8 nitrogen and oxygen atoms in total. The van der Waals surface area contributed by atoms with Crippen LogP contribution in [0.4, 0.5) is 0 Å². The minimum atomic E-state index is -0.748. The highest BCUT2D eigenvalue weighted by Crippen LogP contribution is 2.49. The van der Waals surface area contributed by atoms with Gasteiger partial charge in [0.1, 0.15) is 11.5 Å². The van der Waals surface area contributed by atoms with Crippen molar-refractivity contribution >= 4 is 11.5 Å². The van der Waals surface area contributed by atoms with E-state index in [1.165, 1.54) is 7.11 Å². The lowest BCUT2D eigenvalue weighted by molar-refractivity contribution is -0.137. The van der Waals surface area contributed by atoms with Crippen LogP contribution in [0.25, 0.3) is 5.57 Å². The molecule has 0 radical (unpaired) electrons. The van der Waals surface area contributed by atoms with Gasteiger partial charge in [-0.15, -0.1) is 0 Å². The number of methoxy groups -OCH3 is 1. The molecule has 184 valence electrons. The number of hydrogen-bond donors (Lipinski definition) is 0. The highest BCUT2D eigenvalue weighted by atomic mass is 16.7. The number of rotatable bonds is 6. The average Bonchev–Trinajstić information content (AvgIpc) is 3.58. The Morgan fingerprint density at radius 2 is 1.56 bits per heavy atom. The summed E-state index contributed by atoms with van der Waals surface area (Å²) in [6.45, 7) is 2.92. The fraction of sp³-hybridized carbons (Fsp3) is 0.250. The van der Waals surface area contributed by atoms with Crippen molar-refractivity contribution < 1.29 is 38.0 Å². The smallest absolute Gasteiger partial charge is 0.338 e. The van der Waals surface area contributed by atoms with Crippen molar-refractivity contribution in [1.29, 1.82) is 0 Å². The van der Waals surface area contributed by atoms with Gasteiger partial charge in [0, 0.05) is 16.7 Å². The van der Waals surface area contributed by atoms with Crippen molar-refractivity contribution in [3.63, 3.8) is 0 Å². The van der Waals surface area contributed by atoms with E-state index in [0.29, 0.717) is 52.3 Å². The monoisotopic (exact) mass is 488 g/mol. The molecule has 8 heteroatoms. The summed E-state index contributed by atoms with van der Waals surface area (Å²) in [6, 6.07) is 16.7. The highest BCUT2D eigenvalue weighted by Gasteiger charge is 2.37. The van der Waals surface area contributed by atoms with E-state index in [1.54, 1.807) is 0 Å². The van der Waals surface area contributed by atoms with E-state index in [1.807, 2.05) is 61.5 Å². The second kappa shape index (κ2) is 9.03. The van der Waals surface area contributed by atoms with Crippen molar-refractivity contribution in [2.45, 2.75) is 19.4 Å². The Bertz CT molecular complexity index is 1380. The number of fused-ring (bicyclic) bond motifs is 3. The number of ether oxygens (including phenoxy) is 7. The first-order chi connectivity index (χ1) is 17.7. The van der Waals surface area contributed by atoms with Crippen LogP contribution in [0.1, 0.15) is 36.1 Å². The second-order valence-corrected chi connectivity index (χ2v) is 8.47. The van der Waals surface area contributed by atoms with Crippen molar-refractivity contribution in [1.82, 2.24) is 0 Å². The lowest BCUT2D eigenvalue weighted by Crippen LogP contribution is -2.24. The molecule has 1 atom stereocenters. The Morgan fingerprint density at radius 1 is 0.861 bits per heavy atom. The van der Waals surface area contributed by atoms with Gasteiger partial charge < -0.3 is 33.2 Å². The number of esters is 1. The summed E-state index contributed by atoms with van der Waals surface area (Å²) >= 11 is 0. The molecule has 3 heterocycles. The first-order valence-electron chi connectivity index (χ1n) is 11.7. The quantitative estimate of drug-likeness (QED) is 0.447. The summed E-state index contributed by atoms with van der Waals surface area (Å²) in [5.74, 6) is 3.29. The van der Waals surface area contributed by atoms with Crippen LogP contribution in [-0.4, -0.2) is 33.3 Å². The molecule has 36 heavy (non-hydrogen) atoms. The van der Waals surface area contributed by atoms with Gasteiger partial charge in [-0.2, -0.15) is 0 Å². The van der Waals surface area contributed by atoms with Crippen molar-refractivity contribution in [2.24, 2.45) is 0 Å². The Kier molecular flexibility index (Phi) is 5.56. The Morgan fingerprint density at radius 3 is 2.31 bits per heavy atom. The topological polar surface area (TPSA) is 81.7 Å². The number of carbonyl (C=O) groups is 1. The molecular formula is C28H24O8. The van der Waals surface area contributed by atoms with Crippen LogP contribution in [0, 0.1) is 0 Å². The number of benzene rings is 3. The van der Waals surface area contributed by atoms with Crippen LogP contribution in [0.3, 0.4) is 0 Å². The van der Waals surface area contributed by atoms with Gasteiger partial charge in [-0.05, 0) is 54.4 Å². The molecule has 3 aliphatic heterocycles. The zero-order chi connectivity index (χ0) is 24.6. The van der Waals surface area contributed by atoms with Crippen LogP contribution >= 0.6 is 0 Å². The van der Waals surface area contributed by atoms with Gasteiger partial charge in [-0.1, -0.05) is 19.1 Å². The number of hydrogen-bond acceptors (Lipinski definition) is 8. The molecule has 3 aliphatic rings. The Labute approximate surface area is 207 Å². The zero-order valence-electron chi connectivity index (χ0n) is 19.9. The van der Waals surface area contributed by atoms with Crippen LogP contribution in [-0.2, 0) is 9.53 Å². The molecule has 0 spiro atoms. The van der Waals surface area contributed by atoms with Gasteiger partial charge in [0.05, 0.1) is 19.3 Å². The maximum absolute atomic E-state index is 13.4. The van der Waals surface area contributed by atoms with E-state index in [-0.39, 0.29) is 13.6 Å². The molecule has 1 unspecified atom stereocenters. The molecule has 6 rings (SSSR count). The summed E-state index contributed by atoms with van der Waals surface area (Å²) in [4.78, 5) is 13.4. The molecule has 0 amide bonds. The standard InChI is InChI=1S/C28H24O8/c1-3-10-31-18-6-9-20-19(13-18)25(16-4-7-21-23(11-16)34-14-32-21)26(28(29)30-2)27(36-20)17-5-8-22-24(12-17)35-15-33-22/h4-9,11-13,27H,3,10,14-15H2,1-2H3. The van der Waals surface area contributed by atoms with E-state index in [4.69, 9.17) is 33.2 Å². The molecule has 0 saturated carbocycles. The van der Waals surface area contributed by atoms with Crippen molar-refractivity contribution in [2.75, 3.05) is 27.3 Å². The molecule has 0 saturated heterocycles. The zero-order valence-corrected chi connectivity index (χ0v) is 19.9. The third-order valence-electron chi connectivity index (χ3n) is 6.24. The molecule has 3 aromatic carbocycles. The molecule has 0 aromatic heterocycles. The van der Waals surface area contributed by atoms with Gasteiger partial charge in [0.25, 0.3) is 0 Å². The fourth-order valence-electron chi connectivity index (χ4n) is 4.57. The average molecular weight is 488 g/mol. The number of carbonyl (C=O) groups excluding carboxylic acids is 1. The lowest BCUT2D eigenvalue weighted by atomic mass is 9.85. The van der Waals surface area contributed by atoms with Crippen LogP contribution in [0.5, 0.6) is 34.5 Å². The minimum absolute atomic E-state index is 0.149. The second-order valence-electron chi connectivity index (χ2n) is 8.47. The van der Waals surface area contributed by atoms with Gasteiger partial charge in [0.2, 0.25) is 13.6 Å². The summed E-state index contributed by atoms with van der Waals surface area (Å²) < 4.78 is 39.8. The predicted octanol–water partition coefficient (Wildman–Crippen LogP) is 5.04. The summed E-state index contributed by atoms with van der Waals surface area (Å²) in [5.41, 5.74) is 3.25. The van der Waals surface area contributed by atoms with E-state index < -0.39 is 12.1 Å². The van der Waals surface area contributed by atoms with Crippen LogP contribution in [0.2, 0.25) is 0 Å². The van der Waals surface area contributed by atoms with Crippen LogP contribution in [0.15, 0.2) is 60.2 Å². The van der Waals surface area contributed by atoms with Crippen LogP contribution < -0.4 is 28.4 Å². The molecular weight excluding hydrogens is 464 g/mol. The predicted molar refractivity (Wildman–Crippen MR) is 129 cm³/mol. The molecule has 0 N–H and O–H groups in total. The largest absolute Gasteiger partial charge is 0.494 e. The Balaban J connectivity index is 1.57. The first kappa shape index (κ1) is 22.2. The van der Waals surface area contributed by atoms with Crippen molar-refractivity contribution in [3.05, 3.63) is 76.9 Å². The molecule has 0 fully saturated rings. The summed E-state index contributed by atoms with van der Waals surface area (Å²) in [5, 5.41) is 0. The maximum atomic E-state index is 13.4. The van der Waals surface area contributed by atoms with Gasteiger partial charge in [-0.25, -0.2) is 4.79 Å². The van der Waals surface area contributed by atoms with E-state index in [9.17, 15) is 4.79 Å². The van der Waals surface area contributed by atoms with Crippen molar-refractivity contribution in [3.8, 4) is 34.5 Å². The molecule has 3 aromatic rings. The van der Waals surface area contributed by atoms with E-state index in [0.717, 1.165) is 23.1 Å². The summed E-state index contributed by atoms with van der Waals surface area (Å²) in [7, 11) is 1.36. The molecule has 0 aliphatic carbocycles. The molecule has 0 bridgehead atoms. The highest BCUT2D eigenvalue weighted by molar-refractivity contribution is 6.05. The fourth-order valence-corrected chi connectivity index (χ4v) is 4.57. The van der Waals surface area contributed by atoms with Gasteiger partial charge in [0.15, 0.2) is 29.1 Å². The third kappa shape index (κ3) is 3.75. The summed E-state index contributed by atoms with van der Waals surface area (Å²) in [6.07, 6.45) is 0.125. The van der Waals surface area contributed by atoms with E-state index >= 15 is 0 Å². The van der Waals surface area contributed by atoms with E-state index in [2.05, 4.69) is 0 Å². The lowest BCUT2D eigenvalue weighted by Gasteiger charge is -2.31.